The molecule has 0 bridgehead atoms. The lowest BCUT2D eigenvalue weighted by Crippen LogP contribution is -2.43. The molecule has 1 unspecified atom stereocenters. The van der Waals surface area contributed by atoms with Gasteiger partial charge in [0.15, 0.2) is 0 Å². The van der Waals surface area contributed by atoms with E-state index in [-0.39, 0.29) is 23.7 Å². The van der Waals surface area contributed by atoms with Crippen LogP contribution in [-0.2, 0) is 16.9 Å². The third-order valence-electron chi connectivity index (χ3n) is 10.9. The third kappa shape index (κ3) is 5.99. The first kappa shape index (κ1) is 33.9. The molecule has 2 atom stereocenters. The number of hydrogen-bond donors (Lipinski definition) is 1. The Morgan fingerprint density at radius 1 is 0.870 bits per heavy atom. The second kappa shape index (κ2) is 14.2. The number of benzene rings is 3. The summed E-state index contributed by atoms with van der Waals surface area (Å²) in [7, 11) is 0. The van der Waals surface area contributed by atoms with Crippen LogP contribution in [0.25, 0.3) is 38.6 Å². The number of primary amides is 1. The predicted molar refractivity (Wildman–Crippen MR) is 213 cm³/mol. The molecule has 1 aliphatic carbocycles. The Hall–Kier alpha value is -5.90. The molecule has 7 aromatic rings. The van der Waals surface area contributed by atoms with Crippen molar-refractivity contribution in [2.24, 2.45) is 11.7 Å². The van der Waals surface area contributed by atoms with Gasteiger partial charge in [0, 0.05) is 46.4 Å². The number of hydrogen-bond acceptors (Lipinski definition) is 5. The maximum absolute atomic E-state index is 14.3. The normalized spacial score (nSPS) is 17.4. The van der Waals surface area contributed by atoms with Crippen LogP contribution in [-0.4, -0.2) is 42.6 Å². The number of allylic oxidation sites excluding steroid dienone is 4. The van der Waals surface area contributed by atoms with E-state index in [2.05, 4.69) is 117 Å². The number of amides is 1. The van der Waals surface area contributed by atoms with Crippen LogP contribution in [0.4, 0.5) is 4.39 Å². The van der Waals surface area contributed by atoms with Crippen molar-refractivity contribution in [3.63, 3.8) is 0 Å². The van der Waals surface area contributed by atoms with Gasteiger partial charge in [0.05, 0.1) is 22.8 Å². The maximum Gasteiger partial charge on any atom is 0.234 e. The highest BCUT2D eigenvalue weighted by Gasteiger charge is 2.44. The molecule has 9 heteroatoms. The summed E-state index contributed by atoms with van der Waals surface area (Å²) in [6.45, 7) is 1.56. The number of carbonyl (C=O) groups excluding carboxylic acids is 1. The van der Waals surface area contributed by atoms with E-state index >= 15 is 0 Å². The molecule has 0 saturated carbocycles. The van der Waals surface area contributed by atoms with Gasteiger partial charge in [-0.2, -0.15) is 5.10 Å². The maximum atomic E-state index is 14.3. The monoisotopic (exact) mass is 730 g/mol. The molecule has 1 aliphatic heterocycles. The fourth-order valence-electron chi connectivity index (χ4n) is 8.35. The number of carbonyl (C=O) groups is 1. The summed E-state index contributed by atoms with van der Waals surface area (Å²) in [5, 5.41) is 5.48. The highest BCUT2D eigenvalue weighted by Crippen LogP contribution is 2.46. The Labute approximate surface area is 317 Å². The van der Waals surface area contributed by atoms with Crippen molar-refractivity contribution >= 4 is 22.9 Å². The van der Waals surface area contributed by atoms with Gasteiger partial charge in [-0.15, -0.1) is 11.3 Å². The minimum Gasteiger partial charge on any atom is -0.368 e. The first-order valence-corrected chi connectivity index (χ1v) is 19.2. The average Bonchev–Trinajstić information content (AvgIpc) is 4.04. The predicted octanol–water partition coefficient (Wildman–Crippen LogP) is 9.11. The molecule has 5 heterocycles. The van der Waals surface area contributed by atoms with Crippen LogP contribution in [0.5, 0.6) is 0 Å². The fourth-order valence-corrected chi connectivity index (χ4v) is 9.39. The van der Waals surface area contributed by atoms with E-state index in [1.54, 1.807) is 23.5 Å². The van der Waals surface area contributed by atoms with E-state index in [0.29, 0.717) is 6.54 Å². The van der Waals surface area contributed by atoms with Crippen LogP contribution in [0.3, 0.4) is 0 Å². The van der Waals surface area contributed by atoms with E-state index in [1.807, 2.05) is 24.4 Å². The van der Waals surface area contributed by atoms with Gasteiger partial charge in [0.25, 0.3) is 0 Å². The summed E-state index contributed by atoms with van der Waals surface area (Å²) in [6, 6.07) is 36.0. The number of imidazole rings is 1. The summed E-state index contributed by atoms with van der Waals surface area (Å²) in [6.07, 6.45) is 17.6. The van der Waals surface area contributed by atoms with Crippen LogP contribution < -0.4 is 5.73 Å². The fraction of sp³-hybridized carbons (Fsp3) is 0.178. The van der Waals surface area contributed by atoms with Crippen LogP contribution >= 0.6 is 11.3 Å². The van der Waals surface area contributed by atoms with Gasteiger partial charge < -0.3 is 5.73 Å². The lowest BCUT2D eigenvalue weighted by molar-refractivity contribution is -0.122. The minimum absolute atomic E-state index is 0.0516. The number of rotatable bonds is 10. The number of pyridine rings is 1. The molecular formula is C45H39FN6OS. The molecule has 1 saturated heterocycles. The molecule has 0 radical (unpaired) electrons. The second-order valence-electron chi connectivity index (χ2n) is 14.1. The zero-order chi connectivity index (χ0) is 36.6. The van der Waals surface area contributed by atoms with Crippen molar-refractivity contribution < 1.29 is 9.18 Å². The van der Waals surface area contributed by atoms with Gasteiger partial charge >= 0.3 is 0 Å². The Morgan fingerprint density at radius 2 is 1.61 bits per heavy atom. The Kier molecular flexibility index (Phi) is 8.89. The van der Waals surface area contributed by atoms with E-state index in [4.69, 9.17) is 15.8 Å². The summed E-state index contributed by atoms with van der Waals surface area (Å²) in [4.78, 5) is 21.3. The van der Waals surface area contributed by atoms with Crippen molar-refractivity contribution in [3.8, 4) is 33.0 Å². The van der Waals surface area contributed by atoms with Gasteiger partial charge in [-0.25, -0.2) is 9.37 Å². The Bertz CT molecular complexity index is 2460. The van der Waals surface area contributed by atoms with Gasteiger partial charge in [-0.3, -0.25) is 18.8 Å². The number of nitrogens with two attached hydrogens (primary N) is 1. The molecule has 9 rings (SSSR count). The van der Waals surface area contributed by atoms with Crippen molar-refractivity contribution in [2.75, 3.05) is 6.54 Å². The summed E-state index contributed by atoms with van der Waals surface area (Å²) < 4.78 is 18.6. The lowest BCUT2D eigenvalue weighted by atomic mass is 9.70. The van der Waals surface area contributed by atoms with E-state index in [9.17, 15) is 9.18 Å². The zero-order valence-corrected chi connectivity index (χ0v) is 30.4. The third-order valence-corrected chi connectivity index (χ3v) is 12.0. The molecule has 3 aromatic carbocycles. The number of fused-ring (bicyclic) bond motifs is 1. The molecule has 2 N–H and O–H groups in total. The zero-order valence-electron chi connectivity index (χ0n) is 29.6. The minimum atomic E-state index is -0.697. The second-order valence-corrected chi connectivity index (χ2v) is 15.3. The van der Waals surface area contributed by atoms with Gasteiger partial charge in [0.2, 0.25) is 5.91 Å². The number of nitrogens with zero attached hydrogens (tertiary/aromatic N) is 5. The largest absolute Gasteiger partial charge is 0.368 e. The Morgan fingerprint density at radius 3 is 2.31 bits per heavy atom. The van der Waals surface area contributed by atoms with Gasteiger partial charge in [0.1, 0.15) is 22.7 Å². The first-order chi connectivity index (χ1) is 26.5. The van der Waals surface area contributed by atoms with Crippen LogP contribution in [0.15, 0.2) is 152 Å². The summed E-state index contributed by atoms with van der Waals surface area (Å²) in [5.41, 5.74) is 12.5. The SMILES string of the molecule is NC(=O)[C@@H]1CCCN1Cc1ccc(-c2cnc3ccc(-c4cn(C(c5ccccc5)(c5ccccc5)C5C=CC=CC5)nc4-c4ccc(F)cc4)cn23)s1. The van der Waals surface area contributed by atoms with Crippen LogP contribution in [0, 0.1) is 11.7 Å². The van der Waals surface area contributed by atoms with Gasteiger partial charge in [-0.05, 0) is 85.5 Å². The smallest absolute Gasteiger partial charge is 0.234 e. The van der Waals surface area contributed by atoms with Crippen molar-refractivity contribution in [3.05, 3.63) is 174 Å². The summed E-state index contributed by atoms with van der Waals surface area (Å²) in [5.74, 6) is -0.495. The highest BCUT2D eigenvalue weighted by atomic mass is 32.1. The lowest BCUT2D eigenvalue weighted by Gasteiger charge is -2.41. The number of thiophene rings is 1. The molecule has 1 fully saturated rings. The van der Waals surface area contributed by atoms with Crippen molar-refractivity contribution in [2.45, 2.75) is 37.4 Å². The highest BCUT2D eigenvalue weighted by molar-refractivity contribution is 7.15. The standard InChI is InChI=1S/C45H39FN6OS/c46-36-21-18-31(19-22-36)43-38(30-52(49-43)45(33-11-4-1-5-12-33,34-13-6-2-7-14-34)35-15-8-3-9-16-35)32-20-25-42-48-27-40(51(42)28-32)41-24-23-37(54-41)29-50-26-10-17-39(50)44(47)53/h1-9,11-15,18-25,27-28,30,35,39H,10,16-17,26,29H2,(H2,47,53)/t35?,39-/m0/s1. The van der Waals surface area contributed by atoms with E-state index in [1.165, 1.54) is 17.0 Å². The summed E-state index contributed by atoms with van der Waals surface area (Å²) >= 11 is 1.71. The molecule has 54 heavy (non-hydrogen) atoms. The van der Waals surface area contributed by atoms with Crippen molar-refractivity contribution in [1.29, 1.82) is 0 Å². The van der Waals surface area contributed by atoms with E-state index in [0.717, 1.165) is 75.5 Å². The molecule has 4 aromatic heterocycles. The Balaban J connectivity index is 1.20. The molecule has 2 aliphatic rings. The first-order valence-electron chi connectivity index (χ1n) is 18.4. The quantitative estimate of drug-likeness (QED) is 0.152. The molecule has 0 spiro atoms. The average molecular weight is 731 g/mol. The molecule has 268 valence electrons. The van der Waals surface area contributed by atoms with Crippen LogP contribution in [0.1, 0.15) is 35.3 Å². The van der Waals surface area contributed by atoms with Crippen molar-refractivity contribution in [1.82, 2.24) is 24.1 Å². The molecular weight excluding hydrogens is 692 g/mol. The molecule has 1 amide bonds. The van der Waals surface area contributed by atoms with E-state index < -0.39 is 5.54 Å². The van der Waals surface area contributed by atoms with Crippen LogP contribution in [0.2, 0.25) is 0 Å². The van der Waals surface area contributed by atoms with Gasteiger partial charge in [-0.1, -0.05) is 85.0 Å². The molecule has 7 nitrogen and oxygen atoms in total. The number of halogens is 1. The number of likely N-dealkylation sites (tertiary alicyclic amines) is 1. The number of aromatic nitrogens is 4. The topological polar surface area (TPSA) is 81.5 Å².